The molecule has 1 atom stereocenters. The van der Waals surface area contributed by atoms with Crippen molar-refractivity contribution >= 4 is 22.3 Å². The summed E-state index contributed by atoms with van der Waals surface area (Å²) in [6.45, 7) is 0.332. The monoisotopic (exact) mass is 323 g/mol. The molecule has 0 saturated carbocycles. The molecule has 122 valence electrons. The Morgan fingerprint density at radius 3 is 2.67 bits per heavy atom. The molecule has 2 N–H and O–H groups in total. The average molecular weight is 323 g/mol. The third kappa shape index (κ3) is 3.49. The smallest absolute Gasteiger partial charge is 0.278 e. The molecule has 0 amide bonds. The molecule has 0 saturated heterocycles. The van der Waals surface area contributed by atoms with Crippen LogP contribution in [0.4, 0.5) is 11.4 Å². The van der Waals surface area contributed by atoms with Crippen molar-refractivity contribution in [2.75, 3.05) is 11.9 Å². The van der Waals surface area contributed by atoms with Gasteiger partial charge in [-0.05, 0) is 23.8 Å². The molecule has 6 nitrogen and oxygen atoms in total. The number of non-ortho nitro benzene ring substituents is 1. The minimum atomic E-state index is -0.568. The predicted molar refractivity (Wildman–Crippen MR) is 93.0 cm³/mol. The minimum absolute atomic E-state index is 0.0217. The Balaban J connectivity index is 1.76. The van der Waals surface area contributed by atoms with E-state index < -0.39 is 11.0 Å². The molecule has 2 aromatic carbocycles. The van der Waals surface area contributed by atoms with E-state index in [-0.39, 0.29) is 5.69 Å². The van der Waals surface area contributed by atoms with Gasteiger partial charge in [-0.1, -0.05) is 30.3 Å². The Morgan fingerprint density at radius 2 is 1.92 bits per heavy atom. The molecule has 1 aromatic heterocycles. The third-order valence-electron chi connectivity index (χ3n) is 3.79. The molecular weight excluding hydrogens is 306 g/mol. The molecular formula is C18H17N3O3. The van der Waals surface area contributed by atoms with Crippen molar-refractivity contribution in [2.24, 2.45) is 0 Å². The van der Waals surface area contributed by atoms with Crippen LogP contribution >= 0.6 is 0 Å². The highest BCUT2D eigenvalue weighted by Gasteiger charge is 2.15. The zero-order chi connectivity index (χ0) is 16.9. The molecule has 0 radical (unpaired) electrons. The summed E-state index contributed by atoms with van der Waals surface area (Å²) in [6.07, 6.45) is 1.56. The standard InChI is InChI=1S/C18H17N3O3/c22-14(11-13-5-2-1-3-6-13)12-20-16-8-9-17(21(23)24)15-7-4-10-19-18(15)16/h1-10,14,20,22H,11-12H2. The fourth-order valence-corrected chi connectivity index (χ4v) is 2.65. The highest BCUT2D eigenvalue weighted by atomic mass is 16.6. The average Bonchev–Trinajstić information content (AvgIpc) is 2.60. The first-order valence-corrected chi connectivity index (χ1v) is 7.63. The summed E-state index contributed by atoms with van der Waals surface area (Å²) in [5.41, 5.74) is 2.27. The lowest BCUT2D eigenvalue weighted by molar-refractivity contribution is -0.383. The topological polar surface area (TPSA) is 88.3 Å². The molecule has 0 aliphatic heterocycles. The number of fused-ring (bicyclic) bond motifs is 1. The van der Waals surface area contributed by atoms with Gasteiger partial charge >= 0.3 is 0 Å². The highest BCUT2D eigenvalue weighted by molar-refractivity contribution is 5.96. The van der Waals surface area contributed by atoms with Gasteiger partial charge in [-0.3, -0.25) is 15.1 Å². The van der Waals surface area contributed by atoms with Crippen LogP contribution in [0.1, 0.15) is 5.56 Å². The second kappa shape index (κ2) is 7.06. The molecule has 0 spiro atoms. The van der Waals surface area contributed by atoms with Gasteiger partial charge in [-0.2, -0.15) is 0 Å². The van der Waals surface area contributed by atoms with Crippen LogP contribution < -0.4 is 5.32 Å². The Kier molecular flexibility index (Phi) is 4.67. The van der Waals surface area contributed by atoms with Crippen molar-refractivity contribution in [3.05, 3.63) is 76.5 Å². The third-order valence-corrected chi connectivity index (χ3v) is 3.79. The second-order valence-electron chi connectivity index (χ2n) is 5.51. The van der Waals surface area contributed by atoms with Crippen molar-refractivity contribution < 1.29 is 10.0 Å². The predicted octanol–water partition coefficient (Wildman–Crippen LogP) is 3.16. The molecule has 3 rings (SSSR count). The lowest BCUT2D eigenvalue weighted by Gasteiger charge is -2.14. The van der Waals surface area contributed by atoms with E-state index in [0.717, 1.165) is 5.56 Å². The van der Waals surface area contributed by atoms with Crippen LogP contribution in [0.5, 0.6) is 0 Å². The van der Waals surface area contributed by atoms with Crippen LogP contribution in [0.15, 0.2) is 60.8 Å². The summed E-state index contributed by atoms with van der Waals surface area (Å²) in [7, 11) is 0. The number of aliphatic hydroxyl groups excluding tert-OH is 1. The zero-order valence-electron chi connectivity index (χ0n) is 12.9. The van der Waals surface area contributed by atoms with Crippen molar-refractivity contribution in [1.29, 1.82) is 0 Å². The summed E-state index contributed by atoms with van der Waals surface area (Å²) in [5.74, 6) is 0. The SMILES string of the molecule is O=[N+]([O-])c1ccc(NCC(O)Cc2ccccc2)c2ncccc12. The number of benzene rings is 2. The van der Waals surface area contributed by atoms with Crippen LogP contribution in [0.2, 0.25) is 0 Å². The lowest BCUT2D eigenvalue weighted by Crippen LogP contribution is -2.22. The van der Waals surface area contributed by atoms with Crippen LogP contribution in [0, 0.1) is 10.1 Å². The number of nitrogens with zero attached hydrogens (tertiary/aromatic N) is 2. The first-order chi connectivity index (χ1) is 11.6. The van der Waals surface area contributed by atoms with Crippen LogP contribution in [-0.2, 0) is 6.42 Å². The molecule has 0 aliphatic carbocycles. The van der Waals surface area contributed by atoms with E-state index in [0.29, 0.717) is 29.6 Å². The summed E-state index contributed by atoms with van der Waals surface area (Å²) in [4.78, 5) is 14.9. The number of hydrogen-bond donors (Lipinski definition) is 2. The molecule has 0 fully saturated rings. The van der Waals surface area contributed by atoms with Gasteiger partial charge in [0.15, 0.2) is 0 Å². The van der Waals surface area contributed by atoms with E-state index in [1.807, 2.05) is 30.3 Å². The number of aromatic nitrogens is 1. The molecule has 1 unspecified atom stereocenters. The van der Waals surface area contributed by atoms with Gasteiger partial charge < -0.3 is 10.4 Å². The first kappa shape index (κ1) is 15.9. The summed E-state index contributed by atoms with van der Waals surface area (Å²) in [5, 5.41) is 24.9. The Morgan fingerprint density at radius 1 is 1.12 bits per heavy atom. The maximum Gasteiger partial charge on any atom is 0.278 e. The number of anilines is 1. The quantitative estimate of drug-likeness (QED) is 0.537. The number of nitro benzene ring substituents is 1. The fourth-order valence-electron chi connectivity index (χ4n) is 2.65. The second-order valence-corrected chi connectivity index (χ2v) is 5.51. The molecule has 24 heavy (non-hydrogen) atoms. The van der Waals surface area contributed by atoms with E-state index in [4.69, 9.17) is 0 Å². The van der Waals surface area contributed by atoms with Gasteiger partial charge in [0.1, 0.15) is 5.52 Å². The molecule has 3 aromatic rings. The number of nitro groups is 1. The Bertz CT molecular complexity index is 853. The number of rotatable bonds is 6. The first-order valence-electron chi connectivity index (χ1n) is 7.63. The number of hydrogen-bond acceptors (Lipinski definition) is 5. The molecule has 6 heteroatoms. The summed E-state index contributed by atoms with van der Waals surface area (Å²) >= 11 is 0. The van der Waals surface area contributed by atoms with Crippen molar-refractivity contribution in [3.63, 3.8) is 0 Å². The van der Waals surface area contributed by atoms with E-state index in [1.54, 1.807) is 24.4 Å². The molecule has 0 aliphatic rings. The maximum atomic E-state index is 11.1. The highest BCUT2D eigenvalue weighted by Crippen LogP contribution is 2.29. The summed E-state index contributed by atoms with van der Waals surface area (Å²) < 4.78 is 0. The lowest BCUT2D eigenvalue weighted by atomic mass is 10.1. The maximum absolute atomic E-state index is 11.1. The molecule has 1 heterocycles. The number of pyridine rings is 1. The largest absolute Gasteiger partial charge is 0.391 e. The van der Waals surface area contributed by atoms with Gasteiger partial charge in [0.25, 0.3) is 5.69 Å². The van der Waals surface area contributed by atoms with Crippen molar-refractivity contribution in [3.8, 4) is 0 Å². The van der Waals surface area contributed by atoms with Gasteiger partial charge in [0, 0.05) is 25.2 Å². The normalized spacial score (nSPS) is 12.0. The van der Waals surface area contributed by atoms with Crippen LogP contribution in [0.3, 0.4) is 0 Å². The Labute approximate surface area is 138 Å². The number of nitrogens with one attached hydrogen (secondary N) is 1. The Hall–Kier alpha value is -2.99. The van der Waals surface area contributed by atoms with E-state index in [1.165, 1.54) is 6.07 Å². The van der Waals surface area contributed by atoms with Gasteiger partial charge in [-0.25, -0.2) is 0 Å². The zero-order valence-corrected chi connectivity index (χ0v) is 12.9. The van der Waals surface area contributed by atoms with E-state index >= 15 is 0 Å². The van der Waals surface area contributed by atoms with Crippen molar-refractivity contribution in [1.82, 2.24) is 4.98 Å². The van der Waals surface area contributed by atoms with Gasteiger partial charge in [0.2, 0.25) is 0 Å². The number of aliphatic hydroxyl groups is 1. The molecule has 0 bridgehead atoms. The van der Waals surface area contributed by atoms with Gasteiger partial charge in [0.05, 0.1) is 22.1 Å². The minimum Gasteiger partial charge on any atom is -0.391 e. The van der Waals surface area contributed by atoms with Gasteiger partial charge in [-0.15, -0.1) is 0 Å². The summed E-state index contributed by atoms with van der Waals surface area (Å²) in [6, 6.07) is 16.2. The van der Waals surface area contributed by atoms with Crippen molar-refractivity contribution in [2.45, 2.75) is 12.5 Å². The van der Waals surface area contributed by atoms with Crippen LogP contribution in [0.25, 0.3) is 10.9 Å². The fraction of sp³-hybridized carbons (Fsp3) is 0.167. The van der Waals surface area contributed by atoms with E-state index in [2.05, 4.69) is 10.3 Å². The van der Waals surface area contributed by atoms with E-state index in [9.17, 15) is 15.2 Å². The van der Waals surface area contributed by atoms with Crippen LogP contribution in [-0.4, -0.2) is 27.7 Å².